The lowest BCUT2D eigenvalue weighted by atomic mass is 10.1. The Hall–Kier alpha value is -3.09. The van der Waals surface area contributed by atoms with Gasteiger partial charge >= 0.3 is 6.03 Å². The second-order valence-electron chi connectivity index (χ2n) is 3.88. The number of rotatable bonds is 6. The normalized spacial score (nSPS) is 10.5. The molecule has 0 unspecified atom stereocenters. The zero-order valence-corrected chi connectivity index (χ0v) is 12.0. The maximum atomic E-state index is 11.8. The molecular weight excluding hydrogens is 286 g/mol. The Bertz CT molecular complexity index is 621. The molecule has 0 aliphatic rings. The van der Waals surface area contributed by atoms with Gasteiger partial charge in [0.15, 0.2) is 5.88 Å². The number of ether oxygens (including phenoxy) is 1. The number of nitrogens with one attached hydrogen (secondary N) is 3. The molecule has 7 N–H and O–H groups in total. The number of carbonyl (C=O) groups excluding carboxylic acids is 1. The van der Waals surface area contributed by atoms with E-state index in [0.717, 1.165) is 11.2 Å². The third kappa shape index (κ3) is 4.20. The summed E-state index contributed by atoms with van der Waals surface area (Å²) in [7, 11) is 1.53. The van der Waals surface area contributed by atoms with Crippen LogP contribution in [0.15, 0.2) is 24.2 Å². The Kier molecular flexibility index (Phi) is 6.36. The molecule has 0 aliphatic heterocycles. The first-order valence-corrected chi connectivity index (χ1v) is 6.10. The van der Waals surface area contributed by atoms with Gasteiger partial charge in [0.1, 0.15) is 12.3 Å². The van der Waals surface area contributed by atoms with Gasteiger partial charge in [-0.05, 0) is 12.0 Å². The zero-order chi connectivity index (χ0) is 16.5. The van der Waals surface area contributed by atoms with Gasteiger partial charge in [-0.25, -0.2) is 26.1 Å². The molecule has 1 aromatic heterocycles. The van der Waals surface area contributed by atoms with Gasteiger partial charge in [0, 0.05) is 31.1 Å². The number of anilines is 1. The molecule has 9 heteroatoms. The maximum Gasteiger partial charge on any atom is 0.350 e. The fraction of sp³-hybridized carbons (Fsp3) is 0.154. The predicted molar refractivity (Wildman–Crippen MR) is 82.3 cm³/mol. The predicted octanol–water partition coefficient (Wildman–Crippen LogP) is -0.447. The van der Waals surface area contributed by atoms with Gasteiger partial charge in [-0.3, -0.25) is 5.43 Å². The van der Waals surface area contributed by atoms with E-state index in [1.54, 1.807) is 0 Å². The van der Waals surface area contributed by atoms with Gasteiger partial charge in [0.05, 0.1) is 5.69 Å². The number of allylic oxidation sites excluding steroid dienone is 1. The summed E-state index contributed by atoms with van der Waals surface area (Å²) in [6.45, 7) is -0.0561. The maximum absolute atomic E-state index is 11.8. The Morgan fingerprint density at radius 2 is 2.41 bits per heavy atom. The third-order valence-corrected chi connectivity index (χ3v) is 2.51. The van der Waals surface area contributed by atoms with Crippen molar-refractivity contribution >= 4 is 17.9 Å². The summed E-state index contributed by atoms with van der Waals surface area (Å²) >= 11 is 0. The van der Waals surface area contributed by atoms with Gasteiger partial charge in [-0.1, -0.05) is 0 Å². The number of amides is 2. The van der Waals surface area contributed by atoms with E-state index in [9.17, 15) is 4.79 Å². The van der Waals surface area contributed by atoms with Gasteiger partial charge in [-0.2, -0.15) is 0 Å². The topological polar surface area (TPSA) is 142 Å². The monoisotopic (exact) mass is 303 g/mol. The van der Waals surface area contributed by atoms with Crippen molar-refractivity contribution in [2.75, 3.05) is 12.1 Å². The molecule has 0 saturated heterocycles. The largest absolute Gasteiger partial charge is 0.474 e. The highest BCUT2D eigenvalue weighted by atomic mass is 16.5. The Labute approximate surface area is 127 Å². The van der Waals surface area contributed by atoms with Crippen LogP contribution in [0.4, 0.5) is 10.5 Å². The van der Waals surface area contributed by atoms with Crippen molar-refractivity contribution in [1.29, 1.82) is 5.41 Å². The fourth-order valence-electron chi connectivity index (χ4n) is 1.54. The van der Waals surface area contributed by atoms with E-state index in [0.29, 0.717) is 11.3 Å². The van der Waals surface area contributed by atoms with Gasteiger partial charge in [0.2, 0.25) is 0 Å². The molecule has 116 valence electrons. The molecule has 0 bridgehead atoms. The molecule has 1 aromatic rings. The lowest BCUT2D eigenvalue weighted by Crippen LogP contribution is -2.49. The van der Waals surface area contributed by atoms with Crippen LogP contribution >= 0.6 is 0 Å². The highest BCUT2D eigenvalue weighted by molar-refractivity contribution is 5.91. The lowest BCUT2D eigenvalue weighted by Gasteiger charge is -2.20. The van der Waals surface area contributed by atoms with Crippen LogP contribution in [0.1, 0.15) is 11.3 Å². The SMILES string of the molecule is C#Cc1nccc(N(N)C(=O)NNC)c1COC(N)=CC=N. The van der Waals surface area contributed by atoms with Crippen LogP contribution in [0.3, 0.4) is 0 Å². The average molecular weight is 303 g/mol. The molecule has 2 amide bonds. The molecule has 0 aromatic carbocycles. The molecule has 0 saturated carbocycles. The van der Waals surface area contributed by atoms with Crippen LogP contribution in [0.5, 0.6) is 0 Å². The average Bonchev–Trinajstić information content (AvgIpc) is 2.52. The van der Waals surface area contributed by atoms with Crippen LogP contribution in [0.25, 0.3) is 0 Å². The highest BCUT2D eigenvalue weighted by Crippen LogP contribution is 2.22. The summed E-state index contributed by atoms with van der Waals surface area (Å²) in [5.41, 5.74) is 11.3. The Balaban J connectivity index is 3.12. The van der Waals surface area contributed by atoms with Crippen molar-refractivity contribution in [1.82, 2.24) is 15.8 Å². The van der Waals surface area contributed by atoms with Crippen LogP contribution in [-0.2, 0) is 11.3 Å². The molecule has 0 spiro atoms. The quantitative estimate of drug-likeness (QED) is 0.120. The number of pyridine rings is 1. The number of carbonyl (C=O) groups is 1. The van der Waals surface area contributed by atoms with E-state index < -0.39 is 6.03 Å². The zero-order valence-electron chi connectivity index (χ0n) is 12.0. The highest BCUT2D eigenvalue weighted by Gasteiger charge is 2.18. The van der Waals surface area contributed by atoms with E-state index in [2.05, 4.69) is 21.8 Å². The standard InChI is InChI=1S/C13H17N7O2/c1-3-10-9(8-22-12(15)4-6-14)11(5-7-18-10)20(16)13(21)19-17-2/h1,4-7,14,17H,8,15-16H2,2H3,(H,19,21). The number of nitrogens with zero attached hydrogens (tertiary/aromatic N) is 2. The smallest absolute Gasteiger partial charge is 0.350 e. The van der Waals surface area contributed by atoms with E-state index >= 15 is 0 Å². The minimum Gasteiger partial charge on any atom is -0.474 e. The summed E-state index contributed by atoms with van der Waals surface area (Å²) < 4.78 is 5.26. The van der Waals surface area contributed by atoms with Crippen molar-refractivity contribution in [2.45, 2.75) is 6.61 Å². The number of hydrazine groups is 2. The van der Waals surface area contributed by atoms with Crippen molar-refractivity contribution in [3.8, 4) is 12.3 Å². The number of terminal acetylenes is 1. The van der Waals surface area contributed by atoms with Crippen LogP contribution in [0, 0.1) is 17.8 Å². The first-order valence-electron chi connectivity index (χ1n) is 6.10. The molecule has 1 rings (SSSR count). The lowest BCUT2D eigenvalue weighted by molar-refractivity contribution is 0.196. The molecule has 1 heterocycles. The molecule has 0 atom stereocenters. The molecule has 9 nitrogen and oxygen atoms in total. The third-order valence-electron chi connectivity index (χ3n) is 2.51. The van der Waals surface area contributed by atoms with E-state index in [1.807, 2.05) is 0 Å². The van der Waals surface area contributed by atoms with E-state index in [-0.39, 0.29) is 18.2 Å². The number of hydrogen-bond acceptors (Lipinski definition) is 7. The first kappa shape index (κ1) is 17.0. The summed E-state index contributed by atoms with van der Waals surface area (Å²) in [4.78, 5) is 15.8. The van der Waals surface area contributed by atoms with E-state index in [4.69, 9.17) is 28.1 Å². The van der Waals surface area contributed by atoms with Crippen LogP contribution < -0.4 is 27.4 Å². The van der Waals surface area contributed by atoms with Gasteiger partial charge in [0.25, 0.3) is 0 Å². The number of nitrogens with two attached hydrogens (primary N) is 2. The van der Waals surface area contributed by atoms with Crippen molar-refractivity contribution in [3.05, 3.63) is 35.5 Å². The second kappa shape index (κ2) is 8.25. The summed E-state index contributed by atoms with van der Waals surface area (Å²) in [5, 5.41) is 7.78. The molecule has 0 aliphatic carbocycles. The van der Waals surface area contributed by atoms with Gasteiger partial charge in [-0.15, -0.1) is 6.42 Å². The van der Waals surface area contributed by atoms with Crippen molar-refractivity contribution in [3.63, 3.8) is 0 Å². The minimum atomic E-state index is -0.596. The number of urea groups is 1. The summed E-state index contributed by atoms with van der Waals surface area (Å²) in [6, 6.07) is 0.923. The molecule has 0 fully saturated rings. The first-order chi connectivity index (χ1) is 10.5. The second-order valence-corrected chi connectivity index (χ2v) is 3.88. The number of hydrogen-bond donors (Lipinski definition) is 5. The van der Waals surface area contributed by atoms with Crippen LogP contribution in [-0.4, -0.2) is 24.3 Å². The number of aromatic nitrogens is 1. The molecule has 22 heavy (non-hydrogen) atoms. The van der Waals surface area contributed by atoms with E-state index in [1.165, 1.54) is 25.4 Å². The van der Waals surface area contributed by atoms with Gasteiger partial charge < -0.3 is 15.9 Å². The Morgan fingerprint density at radius 1 is 1.68 bits per heavy atom. The minimum absolute atomic E-state index is 0.0241. The van der Waals surface area contributed by atoms with Crippen molar-refractivity contribution < 1.29 is 9.53 Å². The van der Waals surface area contributed by atoms with Crippen LogP contribution in [0.2, 0.25) is 0 Å². The summed E-state index contributed by atoms with van der Waals surface area (Å²) in [5.74, 6) is 8.18. The fourth-order valence-corrected chi connectivity index (χ4v) is 1.54. The molecular formula is C13H17N7O2. The summed E-state index contributed by atoms with van der Waals surface area (Å²) in [6.07, 6.45) is 9.07. The van der Waals surface area contributed by atoms with Crippen molar-refractivity contribution in [2.24, 2.45) is 11.6 Å². The Morgan fingerprint density at radius 3 is 3.00 bits per heavy atom. The molecule has 0 radical (unpaired) electrons.